The van der Waals surface area contributed by atoms with E-state index >= 15 is 0 Å². The summed E-state index contributed by atoms with van der Waals surface area (Å²) in [6, 6.07) is 5.89. The van der Waals surface area contributed by atoms with Crippen LogP contribution in [0.3, 0.4) is 0 Å². The molecule has 0 amide bonds. The standard InChI is InChI=1S/C9H12N3/c1-12(2)9-4-3-8(10)5-7(9)6-11-12/h3-6H,10H2,1-2H3/q+1. The van der Waals surface area contributed by atoms with Crippen molar-refractivity contribution in [2.75, 3.05) is 19.8 Å². The second-order valence-electron chi connectivity index (χ2n) is 3.46. The van der Waals surface area contributed by atoms with E-state index in [-0.39, 0.29) is 0 Å². The lowest BCUT2D eigenvalue weighted by Gasteiger charge is -2.17. The van der Waals surface area contributed by atoms with Crippen molar-refractivity contribution in [3.8, 4) is 0 Å². The first-order valence-corrected chi connectivity index (χ1v) is 3.89. The number of nitrogen functional groups attached to an aromatic ring is 1. The van der Waals surface area contributed by atoms with E-state index in [1.807, 2.05) is 38.5 Å². The minimum Gasteiger partial charge on any atom is -0.399 e. The zero-order valence-electron chi connectivity index (χ0n) is 7.28. The van der Waals surface area contributed by atoms with Crippen LogP contribution in [-0.2, 0) is 0 Å². The Morgan fingerprint density at radius 1 is 1.33 bits per heavy atom. The van der Waals surface area contributed by atoms with Gasteiger partial charge < -0.3 is 5.73 Å². The van der Waals surface area contributed by atoms with Crippen LogP contribution in [0, 0.1) is 0 Å². The Labute approximate surface area is 71.7 Å². The van der Waals surface area contributed by atoms with E-state index in [2.05, 4.69) is 5.10 Å². The van der Waals surface area contributed by atoms with E-state index in [9.17, 15) is 0 Å². The minimum absolute atomic E-state index is 0.565. The summed E-state index contributed by atoms with van der Waals surface area (Å²) in [5.74, 6) is 0. The Balaban J connectivity index is 2.62. The minimum atomic E-state index is 0.565. The highest BCUT2D eigenvalue weighted by Crippen LogP contribution is 2.29. The highest BCUT2D eigenvalue weighted by molar-refractivity contribution is 5.92. The van der Waals surface area contributed by atoms with Crippen LogP contribution in [0.4, 0.5) is 11.4 Å². The normalized spacial score (nSPS) is 17.8. The van der Waals surface area contributed by atoms with Crippen molar-refractivity contribution in [2.24, 2.45) is 5.10 Å². The molecule has 0 bridgehead atoms. The van der Waals surface area contributed by atoms with Gasteiger partial charge in [0.05, 0.1) is 25.9 Å². The average molecular weight is 162 g/mol. The maximum absolute atomic E-state index is 5.65. The summed E-state index contributed by atoms with van der Waals surface area (Å²) in [5.41, 5.74) is 8.77. The summed E-state index contributed by atoms with van der Waals surface area (Å²) in [4.78, 5) is 0. The third-order valence-electron chi connectivity index (χ3n) is 2.13. The van der Waals surface area contributed by atoms with Gasteiger partial charge in [-0.25, -0.2) is 0 Å². The SMILES string of the molecule is C[N+]1(C)N=Cc2cc(N)ccc21. The van der Waals surface area contributed by atoms with Gasteiger partial charge in [0, 0.05) is 11.8 Å². The van der Waals surface area contributed by atoms with Gasteiger partial charge in [-0.3, -0.25) is 0 Å². The van der Waals surface area contributed by atoms with Crippen LogP contribution in [-0.4, -0.2) is 20.3 Å². The Morgan fingerprint density at radius 2 is 2.08 bits per heavy atom. The summed E-state index contributed by atoms with van der Waals surface area (Å²) in [7, 11) is 4.08. The summed E-state index contributed by atoms with van der Waals surface area (Å²) in [6.45, 7) is 0. The van der Waals surface area contributed by atoms with Crippen LogP contribution in [0.25, 0.3) is 0 Å². The lowest BCUT2D eigenvalue weighted by molar-refractivity contribution is 0.435. The molecule has 12 heavy (non-hydrogen) atoms. The highest BCUT2D eigenvalue weighted by Gasteiger charge is 2.26. The number of nitrogens with zero attached hydrogens (tertiary/aromatic N) is 2. The molecule has 3 nitrogen and oxygen atoms in total. The monoisotopic (exact) mass is 162 g/mol. The van der Waals surface area contributed by atoms with Gasteiger partial charge in [0.25, 0.3) is 0 Å². The largest absolute Gasteiger partial charge is 0.399 e. The van der Waals surface area contributed by atoms with Crippen molar-refractivity contribution in [1.29, 1.82) is 0 Å². The van der Waals surface area contributed by atoms with Crippen LogP contribution in [0.2, 0.25) is 0 Å². The number of fused-ring (bicyclic) bond motifs is 1. The molecule has 0 aliphatic carbocycles. The number of hydrogen-bond donors (Lipinski definition) is 1. The molecule has 2 N–H and O–H groups in total. The summed E-state index contributed by atoms with van der Waals surface area (Å²) >= 11 is 0. The quantitative estimate of drug-likeness (QED) is 0.451. The zero-order valence-corrected chi connectivity index (χ0v) is 7.28. The van der Waals surface area contributed by atoms with E-state index in [0.29, 0.717) is 4.59 Å². The smallest absolute Gasteiger partial charge is 0.168 e. The molecule has 1 aliphatic rings. The van der Waals surface area contributed by atoms with Crippen molar-refractivity contribution in [3.63, 3.8) is 0 Å². The number of nitrogens with two attached hydrogens (primary N) is 1. The molecule has 1 aromatic rings. The molecule has 3 heteroatoms. The lowest BCUT2D eigenvalue weighted by Crippen LogP contribution is -2.31. The number of hydrogen-bond acceptors (Lipinski definition) is 2. The van der Waals surface area contributed by atoms with Crippen molar-refractivity contribution < 1.29 is 0 Å². The molecule has 0 aromatic heterocycles. The number of rotatable bonds is 0. The van der Waals surface area contributed by atoms with E-state index in [4.69, 9.17) is 5.73 Å². The van der Waals surface area contributed by atoms with E-state index in [1.54, 1.807) is 0 Å². The predicted octanol–water partition coefficient (Wildman–Crippen LogP) is 1.18. The molecule has 0 radical (unpaired) electrons. The van der Waals surface area contributed by atoms with Gasteiger partial charge >= 0.3 is 0 Å². The molecule has 0 unspecified atom stereocenters. The molecule has 2 rings (SSSR count). The second-order valence-corrected chi connectivity index (χ2v) is 3.46. The molecule has 0 saturated heterocycles. The van der Waals surface area contributed by atoms with Crippen LogP contribution in [0.5, 0.6) is 0 Å². The molecule has 1 aliphatic heterocycles. The fourth-order valence-corrected chi connectivity index (χ4v) is 1.44. The molecule has 0 spiro atoms. The first-order valence-electron chi connectivity index (χ1n) is 3.89. The van der Waals surface area contributed by atoms with Gasteiger partial charge in [-0.1, -0.05) is 5.10 Å². The highest BCUT2D eigenvalue weighted by atomic mass is 15.6. The molecule has 0 atom stereocenters. The van der Waals surface area contributed by atoms with E-state index < -0.39 is 0 Å². The molecule has 1 heterocycles. The molecule has 1 aromatic carbocycles. The molecule has 0 fully saturated rings. The van der Waals surface area contributed by atoms with Crippen molar-refractivity contribution in [1.82, 2.24) is 4.59 Å². The van der Waals surface area contributed by atoms with Gasteiger partial charge in [-0.05, 0) is 12.1 Å². The zero-order chi connectivity index (χ0) is 8.77. The van der Waals surface area contributed by atoms with Crippen LogP contribution >= 0.6 is 0 Å². The number of anilines is 1. The van der Waals surface area contributed by atoms with Gasteiger partial charge in [-0.15, -0.1) is 0 Å². The van der Waals surface area contributed by atoms with Gasteiger partial charge in [0.15, 0.2) is 5.69 Å². The lowest BCUT2D eigenvalue weighted by atomic mass is 10.2. The third kappa shape index (κ3) is 0.905. The summed E-state index contributed by atoms with van der Waals surface area (Å²) in [6.07, 6.45) is 1.87. The summed E-state index contributed by atoms with van der Waals surface area (Å²) < 4.78 is 0.565. The Morgan fingerprint density at radius 3 is 2.83 bits per heavy atom. The molecular formula is C9H12N3+. The number of quaternary nitrogens is 1. The van der Waals surface area contributed by atoms with E-state index in [1.165, 1.54) is 5.69 Å². The Bertz CT molecular complexity index is 353. The fraction of sp³-hybridized carbons (Fsp3) is 0.222. The maximum atomic E-state index is 5.65. The maximum Gasteiger partial charge on any atom is 0.168 e. The van der Waals surface area contributed by atoms with Crippen molar-refractivity contribution in [2.45, 2.75) is 0 Å². The van der Waals surface area contributed by atoms with Crippen LogP contribution in [0.1, 0.15) is 5.56 Å². The Kier molecular flexibility index (Phi) is 1.26. The first kappa shape index (κ1) is 7.31. The fourth-order valence-electron chi connectivity index (χ4n) is 1.44. The molecule has 0 saturated carbocycles. The van der Waals surface area contributed by atoms with Crippen LogP contribution in [0.15, 0.2) is 23.3 Å². The van der Waals surface area contributed by atoms with Gasteiger partial charge in [0.2, 0.25) is 0 Å². The molecular weight excluding hydrogens is 150 g/mol. The van der Waals surface area contributed by atoms with Gasteiger partial charge in [0.1, 0.15) is 0 Å². The Hall–Kier alpha value is -1.35. The third-order valence-corrected chi connectivity index (χ3v) is 2.13. The predicted molar refractivity (Wildman–Crippen MR) is 52.1 cm³/mol. The topological polar surface area (TPSA) is 38.4 Å². The average Bonchev–Trinajstić information content (AvgIpc) is 2.27. The first-order chi connectivity index (χ1) is 5.59. The van der Waals surface area contributed by atoms with Crippen molar-refractivity contribution >= 4 is 17.6 Å². The number of benzene rings is 1. The van der Waals surface area contributed by atoms with Crippen molar-refractivity contribution in [3.05, 3.63) is 23.8 Å². The second kappa shape index (κ2) is 2.08. The van der Waals surface area contributed by atoms with Crippen LogP contribution < -0.4 is 10.3 Å². The van der Waals surface area contributed by atoms with E-state index in [0.717, 1.165) is 11.3 Å². The summed E-state index contributed by atoms with van der Waals surface area (Å²) in [5, 5.41) is 4.33. The van der Waals surface area contributed by atoms with Gasteiger partial charge in [-0.2, -0.15) is 4.59 Å². The molecule has 62 valence electrons.